The highest BCUT2D eigenvalue weighted by atomic mass is 35.5. The Morgan fingerprint density at radius 1 is 1.11 bits per heavy atom. The quantitative estimate of drug-likeness (QED) is 0.533. The van der Waals surface area contributed by atoms with Crippen molar-refractivity contribution in [1.82, 2.24) is 14.5 Å². The molecular formula is C25H27Cl2N3O5S. The lowest BCUT2D eigenvalue weighted by molar-refractivity contribution is -0.141. The standard InChI is InChI=1S/C25H27Cl2N3O5S/c1-2-21(24(32)28-17-7-3-4-8-17)29(14-16-11-12-19(26)20(27)13-16)23(31)15-30-25(33)18-9-5-6-10-22(18)36(30,34)35/h5-6,9-13,17,21H,2-4,7-8,14-15H2,1H3,(H,28,32)/t21-/m1/s1. The molecule has 1 heterocycles. The van der Waals surface area contributed by atoms with Gasteiger partial charge in [0.05, 0.1) is 15.6 Å². The van der Waals surface area contributed by atoms with Crippen molar-refractivity contribution in [2.24, 2.45) is 0 Å². The molecule has 2 aliphatic rings. The number of halogens is 2. The molecule has 192 valence electrons. The average Bonchev–Trinajstić information content (AvgIpc) is 3.42. The number of carbonyl (C=O) groups excluding carboxylic acids is 3. The van der Waals surface area contributed by atoms with Gasteiger partial charge in [0.25, 0.3) is 15.9 Å². The zero-order valence-electron chi connectivity index (χ0n) is 19.7. The first kappa shape index (κ1) is 26.4. The number of carbonyl (C=O) groups is 3. The maximum absolute atomic E-state index is 13.6. The molecule has 2 aromatic carbocycles. The lowest BCUT2D eigenvalue weighted by atomic mass is 10.1. The molecule has 1 fully saturated rings. The van der Waals surface area contributed by atoms with E-state index in [1.54, 1.807) is 31.2 Å². The smallest absolute Gasteiger partial charge is 0.269 e. The van der Waals surface area contributed by atoms with E-state index in [9.17, 15) is 22.8 Å². The van der Waals surface area contributed by atoms with Crippen LogP contribution in [0.1, 0.15) is 54.9 Å². The second-order valence-corrected chi connectivity index (χ2v) is 11.6. The summed E-state index contributed by atoms with van der Waals surface area (Å²) in [6.07, 6.45) is 4.11. The van der Waals surface area contributed by atoms with Gasteiger partial charge in [0.15, 0.2) is 0 Å². The number of amides is 3. The van der Waals surface area contributed by atoms with Crippen LogP contribution in [0, 0.1) is 0 Å². The van der Waals surface area contributed by atoms with Crippen LogP contribution >= 0.6 is 23.2 Å². The molecule has 1 N–H and O–H groups in total. The highest BCUT2D eigenvalue weighted by Gasteiger charge is 2.43. The maximum Gasteiger partial charge on any atom is 0.269 e. The summed E-state index contributed by atoms with van der Waals surface area (Å²) < 4.78 is 26.6. The highest BCUT2D eigenvalue weighted by molar-refractivity contribution is 7.90. The van der Waals surface area contributed by atoms with Gasteiger partial charge in [-0.05, 0) is 49.1 Å². The van der Waals surface area contributed by atoms with Crippen LogP contribution in [-0.2, 0) is 26.2 Å². The number of nitrogens with zero attached hydrogens (tertiary/aromatic N) is 2. The van der Waals surface area contributed by atoms with Gasteiger partial charge in [0, 0.05) is 12.6 Å². The normalized spacial score (nSPS) is 17.6. The second-order valence-electron chi connectivity index (χ2n) is 9.00. The second kappa shape index (κ2) is 10.8. The number of hydrogen-bond acceptors (Lipinski definition) is 5. The molecule has 0 saturated heterocycles. The van der Waals surface area contributed by atoms with Crippen LogP contribution in [0.3, 0.4) is 0 Å². The topological polar surface area (TPSA) is 104 Å². The molecule has 0 bridgehead atoms. The Kier molecular flexibility index (Phi) is 7.92. The lowest BCUT2D eigenvalue weighted by Crippen LogP contribution is -2.53. The minimum atomic E-state index is -4.18. The Morgan fingerprint density at radius 3 is 2.44 bits per heavy atom. The van der Waals surface area contributed by atoms with E-state index in [1.165, 1.54) is 23.1 Å². The first-order valence-electron chi connectivity index (χ1n) is 11.8. The van der Waals surface area contributed by atoms with Gasteiger partial charge >= 0.3 is 0 Å². The van der Waals surface area contributed by atoms with Crippen LogP contribution in [-0.4, -0.2) is 54.0 Å². The van der Waals surface area contributed by atoms with E-state index in [0.717, 1.165) is 25.7 Å². The van der Waals surface area contributed by atoms with Gasteiger partial charge in [-0.15, -0.1) is 0 Å². The summed E-state index contributed by atoms with van der Waals surface area (Å²) >= 11 is 12.2. The molecule has 0 spiro atoms. The average molecular weight is 552 g/mol. The number of benzene rings is 2. The molecule has 0 radical (unpaired) electrons. The minimum Gasteiger partial charge on any atom is -0.352 e. The van der Waals surface area contributed by atoms with Crippen molar-refractivity contribution in [3.8, 4) is 0 Å². The SMILES string of the molecule is CC[C@H](C(=O)NC1CCCC1)N(Cc1ccc(Cl)c(Cl)c1)C(=O)CN1C(=O)c2ccccc2S1(=O)=O. The number of fused-ring (bicyclic) bond motifs is 1. The van der Waals surface area contributed by atoms with Crippen LogP contribution in [0.5, 0.6) is 0 Å². The predicted molar refractivity (Wildman–Crippen MR) is 136 cm³/mol. The Bertz CT molecular complexity index is 1290. The van der Waals surface area contributed by atoms with Gasteiger partial charge < -0.3 is 10.2 Å². The van der Waals surface area contributed by atoms with E-state index in [1.807, 2.05) is 0 Å². The van der Waals surface area contributed by atoms with Gasteiger partial charge in [0.1, 0.15) is 17.5 Å². The Hall–Kier alpha value is -2.62. The highest BCUT2D eigenvalue weighted by Crippen LogP contribution is 2.30. The third-order valence-electron chi connectivity index (χ3n) is 6.62. The molecule has 0 unspecified atom stereocenters. The minimum absolute atomic E-state index is 0.0126. The number of rotatable bonds is 8. The van der Waals surface area contributed by atoms with Gasteiger partial charge in [-0.25, -0.2) is 12.7 Å². The van der Waals surface area contributed by atoms with Gasteiger partial charge in [-0.2, -0.15) is 0 Å². The van der Waals surface area contributed by atoms with E-state index >= 15 is 0 Å². The number of hydrogen-bond donors (Lipinski definition) is 1. The molecule has 0 aromatic heterocycles. The Morgan fingerprint density at radius 2 is 1.81 bits per heavy atom. The van der Waals surface area contributed by atoms with Crippen molar-refractivity contribution >= 4 is 50.9 Å². The fourth-order valence-corrected chi connectivity index (χ4v) is 6.56. The molecule has 1 aliphatic heterocycles. The first-order valence-corrected chi connectivity index (χ1v) is 14.0. The molecule has 1 atom stereocenters. The molecule has 2 aromatic rings. The number of sulfonamides is 1. The van der Waals surface area contributed by atoms with Gasteiger partial charge in [-0.1, -0.05) is 61.2 Å². The predicted octanol–water partition coefficient (Wildman–Crippen LogP) is 4.00. The molecule has 11 heteroatoms. The summed E-state index contributed by atoms with van der Waals surface area (Å²) in [6, 6.07) is 9.89. The zero-order valence-corrected chi connectivity index (χ0v) is 22.1. The van der Waals surface area contributed by atoms with Crippen LogP contribution in [0.2, 0.25) is 10.0 Å². The maximum atomic E-state index is 13.6. The van der Waals surface area contributed by atoms with Crippen molar-refractivity contribution in [3.05, 3.63) is 63.6 Å². The fourth-order valence-electron chi connectivity index (χ4n) is 4.72. The summed E-state index contributed by atoms with van der Waals surface area (Å²) in [5.41, 5.74) is 0.635. The van der Waals surface area contributed by atoms with Crippen molar-refractivity contribution in [2.75, 3.05) is 6.54 Å². The largest absolute Gasteiger partial charge is 0.352 e. The van der Waals surface area contributed by atoms with Crippen molar-refractivity contribution in [2.45, 2.75) is 62.6 Å². The Balaban J connectivity index is 1.62. The molecular weight excluding hydrogens is 525 g/mol. The van der Waals surface area contributed by atoms with Crippen LogP contribution in [0.25, 0.3) is 0 Å². The van der Waals surface area contributed by atoms with E-state index in [2.05, 4.69) is 5.32 Å². The van der Waals surface area contributed by atoms with E-state index < -0.39 is 34.4 Å². The van der Waals surface area contributed by atoms with Gasteiger partial charge in [0.2, 0.25) is 11.8 Å². The van der Waals surface area contributed by atoms with Crippen LogP contribution in [0.15, 0.2) is 47.4 Å². The zero-order chi connectivity index (χ0) is 26.0. The van der Waals surface area contributed by atoms with Crippen molar-refractivity contribution in [1.29, 1.82) is 0 Å². The van der Waals surface area contributed by atoms with Crippen LogP contribution < -0.4 is 5.32 Å². The van der Waals surface area contributed by atoms with E-state index in [0.29, 0.717) is 21.3 Å². The van der Waals surface area contributed by atoms with E-state index in [4.69, 9.17) is 23.2 Å². The summed E-state index contributed by atoms with van der Waals surface area (Å²) in [5, 5.41) is 3.66. The first-order chi connectivity index (χ1) is 17.1. The molecule has 1 aliphatic carbocycles. The molecule has 3 amide bonds. The number of nitrogens with one attached hydrogen (secondary N) is 1. The third-order valence-corrected chi connectivity index (χ3v) is 9.14. The fraction of sp³-hybridized carbons (Fsp3) is 0.400. The van der Waals surface area contributed by atoms with Crippen molar-refractivity contribution < 1.29 is 22.8 Å². The monoisotopic (exact) mass is 551 g/mol. The molecule has 1 saturated carbocycles. The van der Waals surface area contributed by atoms with Gasteiger partial charge in [-0.3, -0.25) is 14.4 Å². The summed E-state index contributed by atoms with van der Waals surface area (Å²) in [5.74, 6) is -1.74. The van der Waals surface area contributed by atoms with Crippen LogP contribution in [0.4, 0.5) is 0 Å². The molecule has 36 heavy (non-hydrogen) atoms. The third kappa shape index (κ3) is 5.23. The van der Waals surface area contributed by atoms with E-state index in [-0.39, 0.29) is 34.0 Å². The molecule has 4 rings (SSSR count). The summed E-state index contributed by atoms with van der Waals surface area (Å²) in [7, 11) is -4.18. The Labute approximate surface area is 220 Å². The molecule has 8 nitrogen and oxygen atoms in total. The van der Waals surface area contributed by atoms with Crippen molar-refractivity contribution in [3.63, 3.8) is 0 Å². The lowest BCUT2D eigenvalue weighted by Gasteiger charge is -2.32. The summed E-state index contributed by atoms with van der Waals surface area (Å²) in [6.45, 7) is 1.05. The summed E-state index contributed by atoms with van der Waals surface area (Å²) in [4.78, 5) is 40.9.